The van der Waals surface area contributed by atoms with E-state index in [1.165, 1.54) is 12.4 Å². The number of hydrogen-bond acceptors (Lipinski definition) is 2. The topological polar surface area (TPSA) is 70.3 Å². The molecule has 2 N–H and O–H groups in total. The van der Waals surface area contributed by atoms with Crippen LogP contribution in [-0.4, -0.2) is 13.0 Å². The number of rotatable bonds is 3. The van der Waals surface area contributed by atoms with Gasteiger partial charge in [0.1, 0.15) is 0 Å². The molecule has 0 bridgehead atoms. The molecule has 0 fully saturated rings. The average molecular weight is 275 g/mol. The summed E-state index contributed by atoms with van der Waals surface area (Å²) in [5.41, 5.74) is 1.99. The minimum absolute atomic E-state index is 0. The molecule has 0 spiro atoms. The average Bonchev–Trinajstić information content (AvgIpc) is 2.29. The van der Waals surface area contributed by atoms with E-state index in [1.54, 1.807) is 12.1 Å². The minimum atomic E-state index is -4.24. The molecule has 0 saturated carbocycles. The maximum absolute atomic E-state index is 10.6. The summed E-state index contributed by atoms with van der Waals surface area (Å²) in [7, 11) is -4.24. The number of pyridine rings is 1. The summed E-state index contributed by atoms with van der Waals surface area (Å²) >= 11 is 0. The van der Waals surface area contributed by atoms with Crippen molar-refractivity contribution in [1.29, 1.82) is 0 Å². The Balaban J connectivity index is 0.00000162. The van der Waals surface area contributed by atoms with Gasteiger partial charge in [0.05, 0.1) is 0 Å². The molecule has 0 amide bonds. The SMILES string of the molecule is O=S(=O)(O)N[n+]1ccc(-c2ccccc2)cc1.[H-].[Na+]. The third kappa shape index (κ3) is 4.40. The maximum atomic E-state index is 10.6. The van der Waals surface area contributed by atoms with E-state index in [9.17, 15) is 8.42 Å². The quantitative estimate of drug-likeness (QED) is 0.391. The molecule has 0 radical (unpaired) electrons. The predicted octanol–water partition coefficient (Wildman–Crippen LogP) is -1.90. The molecule has 0 aliphatic carbocycles. The predicted molar refractivity (Wildman–Crippen MR) is 64.1 cm³/mol. The fraction of sp³-hybridized carbons (Fsp3) is 0. The summed E-state index contributed by atoms with van der Waals surface area (Å²) in [5.74, 6) is 0. The van der Waals surface area contributed by atoms with Crippen molar-refractivity contribution in [3.8, 4) is 11.1 Å². The van der Waals surface area contributed by atoms with E-state index < -0.39 is 10.3 Å². The Hall–Kier alpha value is -0.920. The first-order valence-corrected chi connectivity index (χ1v) is 6.30. The van der Waals surface area contributed by atoms with Crippen LogP contribution in [0.4, 0.5) is 0 Å². The van der Waals surface area contributed by atoms with Crippen LogP contribution in [0.1, 0.15) is 1.43 Å². The van der Waals surface area contributed by atoms with Gasteiger partial charge in [-0.3, -0.25) is 4.55 Å². The van der Waals surface area contributed by atoms with Crippen LogP contribution in [0.5, 0.6) is 0 Å². The van der Waals surface area contributed by atoms with Gasteiger partial charge in [-0.2, -0.15) is 8.42 Å². The second-order valence-electron chi connectivity index (χ2n) is 3.43. The normalized spacial score (nSPS) is 10.5. The number of aromatic nitrogens is 1. The van der Waals surface area contributed by atoms with Gasteiger partial charge >= 0.3 is 39.9 Å². The van der Waals surface area contributed by atoms with E-state index in [1.807, 2.05) is 35.2 Å². The minimum Gasteiger partial charge on any atom is -1.00 e. The largest absolute Gasteiger partial charge is 1.00 e. The van der Waals surface area contributed by atoms with Crippen molar-refractivity contribution in [3.05, 3.63) is 54.9 Å². The molecule has 7 heteroatoms. The second-order valence-corrected chi connectivity index (χ2v) is 4.56. The molecule has 0 atom stereocenters. The number of nitrogens with zero attached hydrogens (tertiary/aromatic N) is 1. The van der Waals surface area contributed by atoms with E-state index in [-0.39, 0.29) is 31.0 Å². The van der Waals surface area contributed by atoms with Crippen LogP contribution in [-0.2, 0) is 10.3 Å². The fourth-order valence-corrected chi connectivity index (χ4v) is 1.83. The molecule has 1 aromatic carbocycles. The number of nitrogens with one attached hydrogen (secondary N) is 1. The molecule has 0 aliphatic rings. The zero-order chi connectivity index (χ0) is 12.3. The number of hydrogen-bond donors (Lipinski definition) is 2. The number of benzene rings is 1. The van der Waals surface area contributed by atoms with E-state index in [0.29, 0.717) is 0 Å². The molecule has 2 rings (SSSR count). The summed E-state index contributed by atoms with van der Waals surface area (Å²) in [6.45, 7) is 0. The van der Waals surface area contributed by atoms with Crippen LogP contribution in [0.15, 0.2) is 54.9 Å². The van der Waals surface area contributed by atoms with Crippen LogP contribution in [0.3, 0.4) is 0 Å². The van der Waals surface area contributed by atoms with Gasteiger partial charge in [0.2, 0.25) is 12.4 Å². The molecule has 2 aromatic rings. The van der Waals surface area contributed by atoms with Gasteiger partial charge in [0, 0.05) is 12.1 Å². The standard InChI is InChI=1S/C11H10N2O3S.Na.H/c14-17(15,16)12-13-8-6-11(7-9-13)10-4-2-1-3-5-10;;/h1-9,12H;;/q;+1;-1/p+1. The van der Waals surface area contributed by atoms with Crippen LogP contribution in [0, 0.1) is 0 Å². The van der Waals surface area contributed by atoms with E-state index in [4.69, 9.17) is 4.55 Å². The van der Waals surface area contributed by atoms with Crippen molar-refractivity contribution in [2.45, 2.75) is 0 Å². The molecular weight excluding hydrogens is 263 g/mol. The van der Waals surface area contributed by atoms with Gasteiger partial charge < -0.3 is 1.43 Å². The molecule has 90 valence electrons. The van der Waals surface area contributed by atoms with Gasteiger partial charge in [-0.15, -0.1) is 0 Å². The Morgan fingerprint density at radius 3 is 2.00 bits per heavy atom. The van der Waals surface area contributed by atoms with Crippen LogP contribution in [0.25, 0.3) is 11.1 Å². The van der Waals surface area contributed by atoms with Crippen molar-refractivity contribution < 1.29 is 48.6 Å². The smallest absolute Gasteiger partial charge is 1.00 e. The summed E-state index contributed by atoms with van der Waals surface area (Å²) in [4.78, 5) is 1.90. The monoisotopic (exact) mass is 275 g/mol. The van der Waals surface area contributed by atoms with Crippen molar-refractivity contribution in [2.75, 3.05) is 4.83 Å². The van der Waals surface area contributed by atoms with Crippen molar-refractivity contribution in [2.24, 2.45) is 0 Å². The summed E-state index contributed by atoms with van der Waals surface area (Å²) in [5, 5.41) is 0. The fourth-order valence-electron chi connectivity index (χ4n) is 1.44. The second kappa shape index (κ2) is 6.31. The summed E-state index contributed by atoms with van der Waals surface area (Å²) in [6, 6.07) is 13.2. The molecule has 1 heterocycles. The molecular formula is C11H12N2NaO3S+. The first kappa shape index (κ1) is 15.1. The summed E-state index contributed by atoms with van der Waals surface area (Å²) in [6.07, 6.45) is 3.02. The summed E-state index contributed by atoms with van der Waals surface area (Å²) < 4.78 is 30.9. The first-order chi connectivity index (χ1) is 8.04. The third-order valence-corrected chi connectivity index (χ3v) is 2.60. The van der Waals surface area contributed by atoms with E-state index >= 15 is 0 Å². The van der Waals surface area contributed by atoms with Gasteiger partial charge in [-0.05, 0) is 11.1 Å². The van der Waals surface area contributed by atoms with Crippen LogP contribution < -0.4 is 39.1 Å². The molecule has 0 unspecified atom stereocenters. The Morgan fingerprint density at radius 1 is 1.00 bits per heavy atom. The zero-order valence-electron chi connectivity index (χ0n) is 10.8. The molecule has 1 aromatic heterocycles. The molecule has 18 heavy (non-hydrogen) atoms. The van der Waals surface area contributed by atoms with E-state index in [2.05, 4.69) is 0 Å². The molecule has 0 aliphatic heterocycles. The van der Waals surface area contributed by atoms with Gasteiger partial charge in [0.15, 0.2) is 0 Å². The maximum Gasteiger partial charge on any atom is 1.00 e. The van der Waals surface area contributed by atoms with Gasteiger partial charge in [-0.1, -0.05) is 39.8 Å². The Morgan fingerprint density at radius 2 is 1.50 bits per heavy atom. The van der Waals surface area contributed by atoms with E-state index in [0.717, 1.165) is 15.8 Å². The molecule has 5 nitrogen and oxygen atoms in total. The van der Waals surface area contributed by atoms with Crippen molar-refractivity contribution in [1.82, 2.24) is 0 Å². The first-order valence-electron chi connectivity index (χ1n) is 4.86. The van der Waals surface area contributed by atoms with Crippen molar-refractivity contribution in [3.63, 3.8) is 0 Å². The molecule has 0 saturated heterocycles. The van der Waals surface area contributed by atoms with Gasteiger partial charge in [0.25, 0.3) is 0 Å². The third-order valence-electron chi connectivity index (χ3n) is 2.16. The Kier molecular flexibility index (Phi) is 5.30. The Bertz CT molecular complexity index is 606. The Labute approximate surface area is 129 Å². The zero-order valence-corrected chi connectivity index (χ0v) is 12.6. The van der Waals surface area contributed by atoms with Gasteiger partial charge in [-0.25, -0.2) is 0 Å². The van der Waals surface area contributed by atoms with Crippen molar-refractivity contribution >= 4 is 10.3 Å². The van der Waals surface area contributed by atoms with Crippen LogP contribution >= 0.6 is 0 Å². The van der Waals surface area contributed by atoms with Crippen LogP contribution in [0.2, 0.25) is 0 Å².